The van der Waals surface area contributed by atoms with Gasteiger partial charge in [0.2, 0.25) is 0 Å². The molecule has 0 atom stereocenters. The van der Waals surface area contributed by atoms with Crippen LogP contribution in [0.15, 0.2) is 18.2 Å². The van der Waals surface area contributed by atoms with E-state index in [0.717, 1.165) is 40.2 Å². The quantitative estimate of drug-likeness (QED) is 0.742. The molecule has 124 valence electrons. The number of halogens is 1. The van der Waals surface area contributed by atoms with Gasteiger partial charge in [0, 0.05) is 29.2 Å². The van der Waals surface area contributed by atoms with Crippen LogP contribution in [0, 0.1) is 12.7 Å². The molecule has 3 nitrogen and oxygen atoms in total. The maximum absolute atomic E-state index is 13.5. The lowest BCUT2D eigenvalue weighted by atomic mass is 9.96. The molecule has 0 spiro atoms. The van der Waals surface area contributed by atoms with Gasteiger partial charge in [0.05, 0.1) is 0 Å². The van der Waals surface area contributed by atoms with E-state index in [0.29, 0.717) is 6.04 Å². The molecule has 3 rings (SSSR count). The van der Waals surface area contributed by atoms with Gasteiger partial charge in [0.1, 0.15) is 5.82 Å². The highest BCUT2D eigenvalue weighted by atomic mass is 32.1. The molecule has 0 aliphatic heterocycles. The van der Waals surface area contributed by atoms with E-state index in [2.05, 4.69) is 15.6 Å². The van der Waals surface area contributed by atoms with Crippen LogP contribution in [0.3, 0.4) is 0 Å². The van der Waals surface area contributed by atoms with Crippen molar-refractivity contribution in [1.82, 2.24) is 15.6 Å². The molecule has 1 saturated carbocycles. The molecule has 1 fully saturated rings. The molecule has 5 heteroatoms. The monoisotopic (exact) mass is 333 g/mol. The normalized spacial score (nSPS) is 15.7. The Morgan fingerprint density at radius 3 is 2.87 bits per heavy atom. The van der Waals surface area contributed by atoms with Crippen LogP contribution >= 0.6 is 12.2 Å². The lowest BCUT2D eigenvalue weighted by Crippen LogP contribution is -2.43. The third kappa shape index (κ3) is 4.02. The van der Waals surface area contributed by atoms with Crippen LogP contribution in [0.25, 0.3) is 10.9 Å². The first-order chi connectivity index (χ1) is 11.1. The summed E-state index contributed by atoms with van der Waals surface area (Å²) in [5.74, 6) is -0.194. The summed E-state index contributed by atoms with van der Waals surface area (Å²) >= 11 is 5.39. The SMILES string of the molecule is Cc1[nH]c2ccc(F)cc2c1CCNC(=S)NC1CCCCC1. The van der Waals surface area contributed by atoms with Gasteiger partial charge in [-0.2, -0.15) is 0 Å². The van der Waals surface area contributed by atoms with E-state index >= 15 is 0 Å². The van der Waals surface area contributed by atoms with E-state index in [1.54, 1.807) is 12.1 Å². The van der Waals surface area contributed by atoms with Crippen molar-refractivity contribution in [3.05, 3.63) is 35.3 Å². The molecule has 0 bridgehead atoms. The van der Waals surface area contributed by atoms with Crippen molar-refractivity contribution in [1.29, 1.82) is 0 Å². The Morgan fingerprint density at radius 1 is 1.30 bits per heavy atom. The standard InChI is InChI=1S/C18H24FN3S/c1-12-15(16-11-13(19)7-8-17(16)21-12)9-10-20-18(23)22-14-5-3-2-4-6-14/h7-8,11,14,21H,2-6,9-10H2,1H3,(H2,20,22,23). The molecule has 1 aliphatic rings. The Kier molecular flexibility index (Phi) is 5.16. The first-order valence-electron chi connectivity index (χ1n) is 8.44. The number of aromatic amines is 1. The van der Waals surface area contributed by atoms with Crippen LogP contribution in [0.1, 0.15) is 43.4 Å². The maximum atomic E-state index is 13.5. The van der Waals surface area contributed by atoms with Gasteiger partial charge >= 0.3 is 0 Å². The molecular formula is C18H24FN3S. The number of nitrogens with one attached hydrogen (secondary N) is 3. The summed E-state index contributed by atoms with van der Waals surface area (Å²) in [7, 11) is 0. The van der Waals surface area contributed by atoms with Gasteiger partial charge in [0.25, 0.3) is 0 Å². The lowest BCUT2D eigenvalue weighted by molar-refractivity contribution is 0.412. The molecule has 1 aromatic heterocycles. The summed E-state index contributed by atoms with van der Waals surface area (Å²) in [6.45, 7) is 2.79. The van der Waals surface area contributed by atoms with Crippen molar-refractivity contribution >= 4 is 28.2 Å². The minimum absolute atomic E-state index is 0.194. The molecule has 0 amide bonds. The second-order valence-electron chi connectivity index (χ2n) is 6.40. The van der Waals surface area contributed by atoms with Crippen molar-refractivity contribution in [2.75, 3.05) is 6.54 Å². The molecular weight excluding hydrogens is 309 g/mol. The molecule has 1 aromatic carbocycles. The first kappa shape index (κ1) is 16.2. The molecule has 23 heavy (non-hydrogen) atoms. The van der Waals surface area contributed by atoms with Gasteiger partial charge in [-0.15, -0.1) is 0 Å². The average molecular weight is 333 g/mol. The minimum Gasteiger partial charge on any atom is -0.362 e. The third-order valence-electron chi connectivity index (χ3n) is 4.68. The number of H-pyrrole nitrogens is 1. The number of rotatable bonds is 4. The van der Waals surface area contributed by atoms with Crippen molar-refractivity contribution in [2.24, 2.45) is 0 Å². The van der Waals surface area contributed by atoms with Crippen LogP contribution in [0.4, 0.5) is 4.39 Å². The Bertz CT molecular complexity index is 689. The number of hydrogen-bond acceptors (Lipinski definition) is 1. The summed E-state index contributed by atoms with van der Waals surface area (Å²) in [5.41, 5.74) is 3.24. The number of aryl methyl sites for hydroxylation is 1. The molecule has 0 saturated heterocycles. The number of fused-ring (bicyclic) bond motifs is 1. The van der Waals surface area contributed by atoms with Crippen molar-refractivity contribution in [3.8, 4) is 0 Å². The zero-order valence-corrected chi connectivity index (χ0v) is 14.4. The maximum Gasteiger partial charge on any atom is 0.166 e. The largest absolute Gasteiger partial charge is 0.362 e. The lowest BCUT2D eigenvalue weighted by Gasteiger charge is -2.24. The van der Waals surface area contributed by atoms with Gasteiger partial charge in [-0.25, -0.2) is 4.39 Å². The molecule has 2 aromatic rings. The summed E-state index contributed by atoms with van der Waals surface area (Å²) < 4.78 is 13.5. The van der Waals surface area contributed by atoms with Crippen LogP contribution in [0.2, 0.25) is 0 Å². The van der Waals surface area contributed by atoms with Gasteiger partial charge in [-0.1, -0.05) is 19.3 Å². The van der Waals surface area contributed by atoms with Gasteiger partial charge in [-0.05, 0) is 62.2 Å². The Morgan fingerprint density at radius 2 is 2.09 bits per heavy atom. The number of benzene rings is 1. The van der Waals surface area contributed by atoms with Gasteiger partial charge in [0.15, 0.2) is 5.11 Å². The summed E-state index contributed by atoms with van der Waals surface area (Å²) in [4.78, 5) is 3.32. The predicted octanol–water partition coefficient (Wildman–Crippen LogP) is 3.95. The highest BCUT2D eigenvalue weighted by Crippen LogP contribution is 2.23. The van der Waals surface area contributed by atoms with E-state index in [1.165, 1.54) is 38.2 Å². The van der Waals surface area contributed by atoms with E-state index < -0.39 is 0 Å². The fourth-order valence-electron chi connectivity index (χ4n) is 3.46. The zero-order chi connectivity index (χ0) is 16.2. The fraction of sp³-hybridized carbons (Fsp3) is 0.500. The highest BCUT2D eigenvalue weighted by Gasteiger charge is 2.14. The zero-order valence-electron chi connectivity index (χ0n) is 13.5. The van der Waals surface area contributed by atoms with Crippen molar-refractivity contribution < 1.29 is 4.39 Å². The van der Waals surface area contributed by atoms with E-state index in [1.807, 2.05) is 6.92 Å². The predicted molar refractivity (Wildman–Crippen MR) is 97.3 cm³/mol. The molecule has 1 heterocycles. The Balaban J connectivity index is 1.55. The second kappa shape index (κ2) is 7.30. The van der Waals surface area contributed by atoms with Crippen LogP contribution in [0.5, 0.6) is 0 Å². The van der Waals surface area contributed by atoms with Crippen LogP contribution in [-0.2, 0) is 6.42 Å². The third-order valence-corrected chi connectivity index (χ3v) is 4.94. The van der Waals surface area contributed by atoms with Crippen LogP contribution in [-0.4, -0.2) is 22.7 Å². The Labute approximate surface area is 142 Å². The van der Waals surface area contributed by atoms with Crippen LogP contribution < -0.4 is 10.6 Å². The summed E-state index contributed by atoms with van der Waals surface area (Å²) in [5, 5.41) is 8.40. The van der Waals surface area contributed by atoms with E-state index in [9.17, 15) is 4.39 Å². The number of thiocarbonyl (C=S) groups is 1. The smallest absolute Gasteiger partial charge is 0.166 e. The number of hydrogen-bond donors (Lipinski definition) is 3. The second-order valence-corrected chi connectivity index (χ2v) is 6.81. The number of aromatic nitrogens is 1. The minimum atomic E-state index is -0.194. The molecule has 3 N–H and O–H groups in total. The van der Waals surface area contributed by atoms with Gasteiger partial charge < -0.3 is 15.6 Å². The molecule has 1 aliphatic carbocycles. The fourth-order valence-corrected chi connectivity index (χ4v) is 3.73. The molecule has 0 unspecified atom stereocenters. The first-order valence-corrected chi connectivity index (χ1v) is 8.85. The topological polar surface area (TPSA) is 39.9 Å². The van der Waals surface area contributed by atoms with Gasteiger partial charge in [-0.3, -0.25) is 0 Å². The van der Waals surface area contributed by atoms with E-state index in [4.69, 9.17) is 12.2 Å². The highest BCUT2D eigenvalue weighted by molar-refractivity contribution is 7.80. The average Bonchev–Trinajstić information content (AvgIpc) is 2.84. The van der Waals surface area contributed by atoms with Crippen molar-refractivity contribution in [2.45, 2.75) is 51.5 Å². The van der Waals surface area contributed by atoms with Crippen molar-refractivity contribution in [3.63, 3.8) is 0 Å². The molecule has 0 radical (unpaired) electrons. The Hall–Kier alpha value is -1.62. The van der Waals surface area contributed by atoms with E-state index in [-0.39, 0.29) is 5.82 Å². The summed E-state index contributed by atoms with van der Waals surface area (Å²) in [6.07, 6.45) is 7.17. The summed E-state index contributed by atoms with van der Waals surface area (Å²) in [6, 6.07) is 5.41.